The molecule has 0 spiro atoms. The highest BCUT2D eigenvalue weighted by molar-refractivity contribution is 5.90. The fourth-order valence-electron chi connectivity index (χ4n) is 6.06. The Labute approximate surface area is 274 Å². The van der Waals surface area contributed by atoms with E-state index in [0.717, 1.165) is 38.5 Å². The van der Waals surface area contributed by atoms with Crippen molar-refractivity contribution < 1.29 is 38.1 Å². The van der Waals surface area contributed by atoms with E-state index >= 15 is 0 Å². The Hall–Kier alpha value is -3.68. The second-order valence-corrected chi connectivity index (χ2v) is 12.7. The van der Waals surface area contributed by atoms with Crippen LogP contribution in [-0.4, -0.2) is 36.1 Å². The lowest BCUT2D eigenvalue weighted by Gasteiger charge is -2.25. The van der Waals surface area contributed by atoms with Gasteiger partial charge in [-0.3, -0.25) is 9.59 Å². The largest absolute Gasteiger partial charge is 0.459 e. The van der Waals surface area contributed by atoms with Crippen molar-refractivity contribution in [3.63, 3.8) is 0 Å². The van der Waals surface area contributed by atoms with Gasteiger partial charge in [-0.1, -0.05) is 53.4 Å². The van der Waals surface area contributed by atoms with E-state index < -0.39 is 11.9 Å². The van der Waals surface area contributed by atoms with Crippen molar-refractivity contribution >= 4 is 23.9 Å². The van der Waals surface area contributed by atoms with E-state index in [-0.39, 0.29) is 36.0 Å². The van der Waals surface area contributed by atoms with Gasteiger partial charge in [0.1, 0.15) is 11.5 Å². The van der Waals surface area contributed by atoms with E-state index in [4.69, 9.17) is 18.9 Å². The van der Waals surface area contributed by atoms with Crippen LogP contribution < -0.4 is 9.47 Å². The Bertz CT molecular complexity index is 1150. The highest BCUT2D eigenvalue weighted by Gasteiger charge is 2.32. The maximum atomic E-state index is 12.8. The molecule has 0 aromatic heterocycles. The molecule has 1 saturated carbocycles. The summed E-state index contributed by atoms with van der Waals surface area (Å²) in [5.74, 6) is -0.346. The molecule has 1 aliphatic carbocycles. The van der Waals surface area contributed by atoms with E-state index in [1.165, 1.54) is 0 Å². The fourth-order valence-corrected chi connectivity index (χ4v) is 6.06. The van der Waals surface area contributed by atoms with Crippen LogP contribution in [0.5, 0.6) is 11.5 Å². The summed E-state index contributed by atoms with van der Waals surface area (Å²) in [4.78, 5) is 50.7. The van der Waals surface area contributed by atoms with E-state index in [1.807, 2.05) is 13.8 Å². The van der Waals surface area contributed by atoms with Crippen molar-refractivity contribution in [2.45, 2.75) is 118 Å². The van der Waals surface area contributed by atoms with Crippen molar-refractivity contribution in [2.75, 3.05) is 0 Å². The Morgan fingerprint density at radius 2 is 0.870 bits per heavy atom. The standard InChI is InChI=1S/C38H52O8/c1-7-27(8-2)23-25(5)43-35(39)31-15-19-33(20-16-31)45-37(41)29-11-13-30(14-12-29)38(42)46-34-21-17-32(18-22-34)36(40)44-26(6)24-28(9-3)10-4/h15-22,25-30H,7-14,23-24H2,1-6H3/t25-,26-,29-,30-/m1/s1. The van der Waals surface area contributed by atoms with Crippen molar-refractivity contribution in [2.24, 2.45) is 23.7 Å². The van der Waals surface area contributed by atoms with Gasteiger partial charge in [-0.05, 0) is 113 Å². The van der Waals surface area contributed by atoms with Gasteiger partial charge < -0.3 is 18.9 Å². The summed E-state index contributed by atoms with van der Waals surface area (Å²) in [7, 11) is 0. The zero-order valence-electron chi connectivity index (χ0n) is 28.4. The summed E-state index contributed by atoms with van der Waals surface area (Å²) in [6.45, 7) is 12.4. The third kappa shape index (κ3) is 11.3. The van der Waals surface area contributed by atoms with Crippen LogP contribution in [0, 0.1) is 23.7 Å². The number of hydrogen-bond donors (Lipinski definition) is 0. The average molecular weight is 637 g/mol. The molecule has 0 heterocycles. The average Bonchev–Trinajstić information content (AvgIpc) is 3.06. The highest BCUT2D eigenvalue weighted by Crippen LogP contribution is 2.32. The molecule has 8 heteroatoms. The minimum absolute atomic E-state index is 0.170. The first-order valence-corrected chi connectivity index (χ1v) is 17.1. The molecule has 0 radical (unpaired) electrons. The minimum Gasteiger partial charge on any atom is -0.459 e. The van der Waals surface area contributed by atoms with Crippen molar-refractivity contribution in [1.82, 2.24) is 0 Å². The van der Waals surface area contributed by atoms with Crippen LogP contribution >= 0.6 is 0 Å². The van der Waals surface area contributed by atoms with Crippen LogP contribution in [0.25, 0.3) is 0 Å². The van der Waals surface area contributed by atoms with Crippen LogP contribution in [0.3, 0.4) is 0 Å². The van der Waals surface area contributed by atoms with Gasteiger partial charge in [0.15, 0.2) is 0 Å². The number of benzene rings is 2. The van der Waals surface area contributed by atoms with Gasteiger partial charge in [-0.25, -0.2) is 9.59 Å². The van der Waals surface area contributed by atoms with Crippen LogP contribution in [0.2, 0.25) is 0 Å². The number of hydrogen-bond acceptors (Lipinski definition) is 8. The van der Waals surface area contributed by atoms with Gasteiger partial charge in [0.05, 0.1) is 35.2 Å². The van der Waals surface area contributed by atoms with Crippen molar-refractivity contribution in [3.8, 4) is 11.5 Å². The lowest BCUT2D eigenvalue weighted by atomic mass is 9.82. The van der Waals surface area contributed by atoms with E-state index in [0.29, 0.717) is 60.1 Å². The Morgan fingerprint density at radius 3 is 1.15 bits per heavy atom. The molecule has 0 unspecified atom stereocenters. The Balaban J connectivity index is 1.41. The summed E-state index contributed by atoms with van der Waals surface area (Å²) in [6, 6.07) is 12.8. The molecule has 3 rings (SSSR count). The molecule has 46 heavy (non-hydrogen) atoms. The van der Waals surface area contributed by atoms with Gasteiger partial charge in [0, 0.05) is 0 Å². The zero-order valence-corrected chi connectivity index (χ0v) is 28.4. The van der Waals surface area contributed by atoms with E-state index in [9.17, 15) is 19.2 Å². The lowest BCUT2D eigenvalue weighted by Crippen LogP contribution is -2.30. The Morgan fingerprint density at radius 1 is 0.565 bits per heavy atom. The minimum atomic E-state index is -0.391. The zero-order chi connectivity index (χ0) is 33.6. The van der Waals surface area contributed by atoms with Crippen molar-refractivity contribution in [1.29, 1.82) is 0 Å². The molecule has 0 N–H and O–H groups in total. The molecule has 252 valence electrons. The predicted molar refractivity (Wildman–Crippen MR) is 177 cm³/mol. The molecular weight excluding hydrogens is 584 g/mol. The van der Waals surface area contributed by atoms with Crippen LogP contribution in [0.4, 0.5) is 0 Å². The van der Waals surface area contributed by atoms with Gasteiger partial charge >= 0.3 is 23.9 Å². The predicted octanol–water partition coefficient (Wildman–Crippen LogP) is 8.75. The van der Waals surface area contributed by atoms with Gasteiger partial charge in [0.25, 0.3) is 0 Å². The molecule has 0 amide bonds. The highest BCUT2D eigenvalue weighted by atomic mass is 16.6. The second-order valence-electron chi connectivity index (χ2n) is 12.7. The van der Waals surface area contributed by atoms with Gasteiger partial charge in [-0.2, -0.15) is 0 Å². The molecule has 1 fully saturated rings. The SMILES string of the molecule is CCC(CC)C[C@@H](C)OC(=O)c1ccc(OC(=O)[C@H]2CC[C@H](C(=O)Oc3ccc(C(=O)O[C@H](C)CC(CC)CC)cc3)CC2)cc1. The third-order valence-corrected chi connectivity index (χ3v) is 9.27. The number of carbonyl (C=O) groups is 4. The van der Waals surface area contributed by atoms with Gasteiger partial charge in [-0.15, -0.1) is 0 Å². The first kappa shape index (κ1) is 36.8. The molecule has 2 atom stereocenters. The summed E-state index contributed by atoms with van der Waals surface area (Å²) in [5.41, 5.74) is 0.818. The normalized spacial score (nSPS) is 17.7. The molecule has 0 saturated heterocycles. The summed E-state index contributed by atoms with van der Waals surface area (Å²) < 4.78 is 22.4. The van der Waals surface area contributed by atoms with Crippen LogP contribution in [-0.2, 0) is 19.1 Å². The van der Waals surface area contributed by atoms with Crippen molar-refractivity contribution in [3.05, 3.63) is 59.7 Å². The van der Waals surface area contributed by atoms with Gasteiger partial charge in [0.2, 0.25) is 0 Å². The topological polar surface area (TPSA) is 105 Å². The molecule has 2 aromatic rings. The molecular formula is C38H52O8. The number of rotatable bonds is 16. The first-order chi connectivity index (χ1) is 22.1. The first-order valence-electron chi connectivity index (χ1n) is 17.1. The fraction of sp³-hybridized carbons (Fsp3) is 0.579. The van der Waals surface area contributed by atoms with E-state index in [2.05, 4.69) is 27.7 Å². The number of esters is 4. The maximum Gasteiger partial charge on any atom is 0.338 e. The molecule has 8 nitrogen and oxygen atoms in total. The molecule has 0 bridgehead atoms. The summed E-state index contributed by atoms with van der Waals surface area (Å²) >= 11 is 0. The van der Waals surface area contributed by atoms with Crippen LogP contribution in [0.1, 0.15) is 126 Å². The molecule has 0 aliphatic heterocycles. The Kier molecular flexibility index (Phi) is 14.8. The third-order valence-electron chi connectivity index (χ3n) is 9.27. The number of ether oxygens (including phenoxy) is 4. The lowest BCUT2D eigenvalue weighted by molar-refractivity contribution is -0.145. The second kappa shape index (κ2) is 18.5. The quantitative estimate of drug-likeness (QED) is 0.133. The molecule has 2 aromatic carbocycles. The smallest absolute Gasteiger partial charge is 0.338 e. The summed E-state index contributed by atoms with van der Waals surface area (Å²) in [5, 5.41) is 0. The number of carbonyl (C=O) groups excluding carboxylic acids is 4. The maximum absolute atomic E-state index is 12.8. The molecule has 1 aliphatic rings. The van der Waals surface area contributed by atoms with E-state index in [1.54, 1.807) is 48.5 Å². The monoisotopic (exact) mass is 636 g/mol. The summed E-state index contributed by atoms with van der Waals surface area (Å²) in [6.07, 6.45) is 7.58. The van der Waals surface area contributed by atoms with Crippen LogP contribution in [0.15, 0.2) is 48.5 Å².